The Morgan fingerprint density at radius 2 is 2.08 bits per heavy atom. The van der Waals surface area contributed by atoms with E-state index in [1.165, 1.54) is 0 Å². The van der Waals surface area contributed by atoms with Crippen molar-refractivity contribution in [3.8, 4) is 0 Å². The zero-order valence-corrected chi connectivity index (χ0v) is 14.6. The van der Waals surface area contributed by atoms with Crippen LogP contribution in [0, 0.1) is 0 Å². The molecule has 0 aliphatic heterocycles. The van der Waals surface area contributed by atoms with Crippen molar-refractivity contribution in [1.29, 1.82) is 0 Å². The first-order chi connectivity index (χ1) is 12.1. The molecule has 0 radical (unpaired) electrons. The molecule has 0 aliphatic carbocycles. The number of rotatable bonds is 8. The smallest absolute Gasteiger partial charge is 0.265 e. The molecule has 6 nitrogen and oxygen atoms in total. The third kappa shape index (κ3) is 5.58. The van der Waals surface area contributed by atoms with Crippen molar-refractivity contribution in [2.24, 2.45) is 5.16 Å². The van der Waals surface area contributed by atoms with E-state index in [9.17, 15) is 9.59 Å². The summed E-state index contributed by atoms with van der Waals surface area (Å²) in [6.45, 7) is 5.46. The fourth-order valence-electron chi connectivity index (χ4n) is 1.95. The minimum Gasteiger partial charge on any atom is -0.385 e. The number of nitrogens with zero attached hydrogens (tertiary/aromatic N) is 1. The molecule has 0 bridgehead atoms. The monoisotopic (exact) mass is 357 g/mol. The number of carbonyl (C=O) groups excluding carboxylic acids is 2. The lowest BCUT2D eigenvalue weighted by Gasteiger charge is -2.10. The van der Waals surface area contributed by atoms with E-state index in [2.05, 4.69) is 22.4 Å². The standard InChI is InChI=1S/C18H19N3O3S/c1-3-10-19-18(23)14-7-4-5-8-15(14)20-17(22)12-24-21-13(2)16-9-6-11-25-16/h3-9,11H,1,10,12H2,2H3,(H,19,23)(H,20,22)/b21-13-. The summed E-state index contributed by atoms with van der Waals surface area (Å²) >= 11 is 1.54. The number of hydrogen-bond donors (Lipinski definition) is 2. The molecule has 1 heterocycles. The lowest BCUT2D eigenvalue weighted by atomic mass is 10.1. The first-order valence-corrected chi connectivity index (χ1v) is 8.48. The Balaban J connectivity index is 1.93. The summed E-state index contributed by atoms with van der Waals surface area (Å²) in [6.07, 6.45) is 1.58. The molecule has 25 heavy (non-hydrogen) atoms. The Morgan fingerprint density at radius 1 is 1.28 bits per heavy atom. The first-order valence-electron chi connectivity index (χ1n) is 7.60. The van der Waals surface area contributed by atoms with Gasteiger partial charge in [-0.2, -0.15) is 0 Å². The second-order valence-electron chi connectivity index (χ2n) is 5.02. The molecule has 0 atom stereocenters. The van der Waals surface area contributed by atoms with Crippen LogP contribution in [0.2, 0.25) is 0 Å². The Labute approximate surface area is 150 Å². The number of hydrogen-bond acceptors (Lipinski definition) is 5. The van der Waals surface area contributed by atoms with E-state index >= 15 is 0 Å². The van der Waals surface area contributed by atoms with Gasteiger partial charge >= 0.3 is 0 Å². The lowest BCUT2D eigenvalue weighted by Crippen LogP contribution is -2.26. The highest BCUT2D eigenvalue weighted by Crippen LogP contribution is 2.15. The minimum atomic E-state index is -0.397. The second-order valence-corrected chi connectivity index (χ2v) is 5.97. The summed E-state index contributed by atoms with van der Waals surface area (Å²) < 4.78 is 0. The molecule has 0 aliphatic rings. The van der Waals surface area contributed by atoms with E-state index in [1.54, 1.807) is 41.7 Å². The maximum absolute atomic E-state index is 12.1. The first kappa shape index (κ1) is 18.4. The van der Waals surface area contributed by atoms with Crippen LogP contribution in [0.1, 0.15) is 22.2 Å². The molecule has 2 aromatic rings. The molecule has 0 saturated carbocycles. The Hall–Kier alpha value is -2.93. The molecule has 0 unspecified atom stereocenters. The van der Waals surface area contributed by atoms with Crippen molar-refractivity contribution >= 4 is 34.6 Å². The highest BCUT2D eigenvalue weighted by atomic mass is 32.1. The third-order valence-electron chi connectivity index (χ3n) is 3.13. The SMILES string of the molecule is C=CCNC(=O)c1ccccc1NC(=O)CO/N=C(/C)c1cccs1. The summed E-state index contributed by atoms with van der Waals surface area (Å²) in [5, 5.41) is 11.2. The predicted octanol–water partition coefficient (Wildman–Crippen LogP) is 3.04. The van der Waals surface area contributed by atoms with Crippen molar-refractivity contribution < 1.29 is 14.4 Å². The molecule has 0 fully saturated rings. The summed E-state index contributed by atoms with van der Waals surface area (Å²) in [6, 6.07) is 10.6. The average molecular weight is 357 g/mol. The summed E-state index contributed by atoms with van der Waals surface area (Å²) in [5.41, 5.74) is 1.49. The highest BCUT2D eigenvalue weighted by Gasteiger charge is 2.12. The van der Waals surface area contributed by atoms with Crippen LogP contribution in [-0.2, 0) is 9.63 Å². The second kappa shape index (κ2) is 9.39. The van der Waals surface area contributed by atoms with Crippen LogP contribution in [0.3, 0.4) is 0 Å². The summed E-state index contributed by atoms with van der Waals surface area (Å²) in [4.78, 5) is 30.2. The maximum atomic E-state index is 12.1. The van der Waals surface area contributed by atoms with Crippen molar-refractivity contribution in [3.63, 3.8) is 0 Å². The number of oxime groups is 1. The summed E-state index contributed by atoms with van der Waals surface area (Å²) in [5.74, 6) is -0.685. The van der Waals surface area contributed by atoms with E-state index < -0.39 is 5.91 Å². The predicted molar refractivity (Wildman–Crippen MR) is 100 cm³/mol. The van der Waals surface area contributed by atoms with Gasteiger partial charge in [-0.05, 0) is 30.5 Å². The van der Waals surface area contributed by atoms with Gasteiger partial charge in [0.15, 0.2) is 6.61 Å². The van der Waals surface area contributed by atoms with Gasteiger partial charge in [0.25, 0.3) is 11.8 Å². The van der Waals surface area contributed by atoms with Crippen LogP contribution in [0.4, 0.5) is 5.69 Å². The number of thiophene rings is 1. The van der Waals surface area contributed by atoms with Gasteiger partial charge in [0.2, 0.25) is 0 Å². The Kier molecular flexibility index (Phi) is 6.91. The highest BCUT2D eigenvalue weighted by molar-refractivity contribution is 7.12. The van der Waals surface area contributed by atoms with E-state index in [0.29, 0.717) is 23.5 Å². The van der Waals surface area contributed by atoms with Crippen LogP contribution in [-0.4, -0.2) is 30.7 Å². The number of benzene rings is 1. The molecular formula is C18H19N3O3S. The van der Waals surface area contributed by atoms with Crippen LogP contribution >= 0.6 is 11.3 Å². The van der Waals surface area contributed by atoms with E-state index in [4.69, 9.17) is 4.84 Å². The topological polar surface area (TPSA) is 79.8 Å². The molecule has 1 aromatic heterocycles. The van der Waals surface area contributed by atoms with Gasteiger partial charge < -0.3 is 15.5 Å². The molecular weight excluding hydrogens is 338 g/mol. The molecule has 0 saturated heterocycles. The third-order valence-corrected chi connectivity index (χ3v) is 4.11. The minimum absolute atomic E-state index is 0.245. The van der Waals surface area contributed by atoms with Crippen LogP contribution in [0.5, 0.6) is 0 Å². The molecule has 2 amide bonds. The number of para-hydroxylation sites is 1. The van der Waals surface area contributed by atoms with E-state index in [1.807, 2.05) is 24.4 Å². The molecule has 130 valence electrons. The van der Waals surface area contributed by atoms with Crippen LogP contribution < -0.4 is 10.6 Å². The molecule has 7 heteroatoms. The molecule has 0 spiro atoms. The normalized spacial score (nSPS) is 10.8. The fraction of sp³-hybridized carbons (Fsp3) is 0.167. The number of anilines is 1. The van der Waals surface area contributed by atoms with Gasteiger partial charge in [0, 0.05) is 6.54 Å². The van der Waals surface area contributed by atoms with Crippen molar-refractivity contribution in [2.45, 2.75) is 6.92 Å². The maximum Gasteiger partial charge on any atom is 0.265 e. The number of nitrogens with one attached hydrogen (secondary N) is 2. The van der Waals surface area contributed by atoms with Gasteiger partial charge in [-0.3, -0.25) is 9.59 Å². The van der Waals surface area contributed by atoms with E-state index in [-0.39, 0.29) is 12.5 Å². The fourth-order valence-corrected chi connectivity index (χ4v) is 2.62. The van der Waals surface area contributed by atoms with Crippen LogP contribution in [0.15, 0.2) is 59.6 Å². The molecule has 2 rings (SSSR count). The average Bonchev–Trinajstić information content (AvgIpc) is 3.14. The van der Waals surface area contributed by atoms with Gasteiger partial charge in [-0.1, -0.05) is 29.4 Å². The lowest BCUT2D eigenvalue weighted by molar-refractivity contribution is -0.120. The van der Waals surface area contributed by atoms with Gasteiger partial charge in [0.1, 0.15) is 0 Å². The van der Waals surface area contributed by atoms with Crippen molar-refractivity contribution in [1.82, 2.24) is 5.32 Å². The van der Waals surface area contributed by atoms with Gasteiger partial charge in [-0.15, -0.1) is 17.9 Å². The zero-order valence-electron chi connectivity index (χ0n) is 13.8. The Morgan fingerprint density at radius 3 is 2.80 bits per heavy atom. The number of carbonyl (C=O) groups is 2. The number of amides is 2. The van der Waals surface area contributed by atoms with Crippen LogP contribution in [0.25, 0.3) is 0 Å². The quantitative estimate of drug-likeness (QED) is 0.433. The largest absolute Gasteiger partial charge is 0.385 e. The molecule has 1 aromatic carbocycles. The summed E-state index contributed by atoms with van der Waals surface area (Å²) in [7, 11) is 0. The van der Waals surface area contributed by atoms with Gasteiger partial charge in [0.05, 0.1) is 21.8 Å². The van der Waals surface area contributed by atoms with E-state index in [0.717, 1.165) is 4.88 Å². The van der Waals surface area contributed by atoms with Gasteiger partial charge in [-0.25, -0.2) is 0 Å². The van der Waals surface area contributed by atoms with Crippen molar-refractivity contribution in [3.05, 3.63) is 64.9 Å². The van der Waals surface area contributed by atoms with Crippen molar-refractivity contribution in [2.75, 3.05) is 18.5 Å². The zero-order chi connectivity index (χ0) is 18.1. The Bertz CT molecular complexity index is 770. The molecule has 2 N–H and O–H groups in total.